The van der Waals surface area contributed by atoms with Crippen LogP contribution in [0.15, 0.2) is 23.2 Å². The number of isocyanates is 1. The lowest BCUT2D eigenvalue weighted by atomic mass is 10.1. The zero-order chi connectivity index (χ0) is 11.4. The van der Waals surface area contributed by atoms with Gasteiger partial charge in [0.15, 0.2) is 0 Å². The van der Waals surface area contributed by atoms with Crippen LogP contribution in [0.3, 0.4) is 0 Å². The van der Waals surface area contributed by atoms with Crippen LogP contribution in [-0.2, 0) is 9.53 Å². The summed E-state index contributed by atoms with van der Waals surface area (Å²) in [5.41, 5.74) is 2.76. The molecule has 0 radical (unpaired) electrons. The molecular formula is C12H14N2O2. The van der Waals surface area contributed by atoms with Gasteiger partial charge < -0.3 is 9.64 Å². The Morgan fingerprint density at radius 2 is 2.12 bits per heavy atom. The molecule has 84 valence electrons. The molecule has 0 aromatic heterocycles. The first-order valence-corrected chi connectivity index (χ1v) is 5.32. The average molecular weight is 218 g/mol. The third-order valence-corrected chi connectivity index (χ3v) is 2.65. The van der Waals surface area contributed by atoms with Crippen molar-refractivity contribution in [2.75, 3.05) is 31.2 Å². The number of hydrogen-bond donors (Lipinski definition) is 0. The van der Waals surface area contributed by atoms with Gasteiger partial charge in [0.1, 0.15) is 0 Å². The van der Waals surface area contributed by atoms with Crippen LogP contribution in [0, 0.1) is 6.92 Å². The lowest BCUT2D eigenvalue weighted by molar-refractivity contribution is 0.123. The van der Waals surface area contributed by atoms with E-state index in [1.165, 1.54) is 0 Å². The summed E-state index contributed by atoms with van der Waals surface area (Å²) in [6.45, 7) is 5.10. The molecule has 1 aromatic carbocycles. The van der Waals surface area contributed by atoms with Crippen LogP contribution in [0.5, 0.6) is 0 Å². The molecule has 1 heterocycles. The molecule has 1 fully saturated rings. The average Bonchev–Trinajstić information content (AvgIpc) is 2.31. The van der Waals surface area contributed by atoms with E-state index in [4.69, 9.17) is 4.74 Å². The van der Waals surface area contributed by atoms with Gasteiger partial charge in [0.05, 0.1) is 24.6 Å². The summed E-state index contributed by atoms with van der Waals surface area (Å²) < 4.78 is 5.30. The van der Waals surface area contributed by atoms with E-state index < -0.39 is 0 Å². The molecule has 1 saturated heterocycles. The van der Waals surface area contributed by atoms with E-state index in [2.05, 4.69) is 9.89 Å². The van der Waals surface area contributed by atoms with Crippen LogP contribution in [0.4, 0.5) is 11.4 Å². The number of nitrogens with zero attached hydrogens (tertiary/aromatic N) is 2. The van der Waals surface area contributed by atoms with Crippen LogP contribution in [0.2, 0.25) is 0 Å². The van der Waals surface area contributed by atoms with Gasteiger partial charge in [-0.3, -0.25) is 0 Å². The highest BCUT2D eigenvalue weighted by Gasteiger charge is 2.14. The Balaban J connectivity index is 2.34. The molecule has 0 unspecified atom stereocenters. The number of anilines is 1. The minimum atomic E-state index is 0.692. The topological polar surface area (TPSA) is 41.9 Å². The quantitative estimate of drug-likeness (QED) is 0.561. The maximum Gasteiger partial charge on any atom is 0.240 e. The van der Waals surface area contributed by atoms with Gasteiger partial charge in [-0.25, -0.2) is 4.79 Å². The second-order valence-corrected chi connectivity index (χ2v) is 3.79. The number of rotatable bonds is 2. The summed E-state index contributed by atoms with van der Waals surface area (Å²) in [4.78, 5) is 16.3. The van der Waals surface area contributed by atoms with Crippen molar-refractivity contribution in [3.05, 3.63) is 23.8 Å². The fourth-order valence-corrected chi connectivity index (χ4v) is 1.84. The van der Waals surface area contributed by atoms with Crippen LogP contribution in [0.25, 0.3) is 0 Å². The standard InChI is InChI=1S/C12H14N2O2/c1-10-2-3-12(11(8-10)13-9-15)14-4-6-16-7-5-14/h2-3,8H,4-7H2,1H3. The highest BCUT2D eigenvalue weighted by atomic mass is 16.5. The number of aliphatic imine (C=N–C) groups is 1. The molecule has 0 amide bonds. The summed E-state index contributed by atoms with van der Waals surface area (Å²) in [5.74, 6) is 0. The van der Waals surface area contributed by atoms with E-state index in [-0.39, 0.29) is 0 Å². The molecule has 1 aromatic rings. The van der Waals surface area contributed by atoms with Crippen LogP contribution in [-0.4, -0.2) is 32.4 Å². The van der Waals surface area contributed by atoms with E-state index in [1.54, 1.807) is 6.08 Å². The first kappa shape index (κ1) is 10.9. The smallest absolute Gasteiger partial charge is 0.240 e. The predicted molar refractivity (Wildman–Crippen MR) is 62.0 cm³/mol. The SMILES string of the molecule is Cc1ccc(N2CCOCC2)c(N=C=O)c1. The number of carbonyl (C=O) groups excluding carboxylic acids is 1. The summed E-state index contributed by atoms with van der Waals surface area (Å²) >= 11 is 0. The molecule has 4 nitrogen and oxygen atoms in total. The largest absolute Gasteiger partial charge is 0.378 e. The van der Waals surface area contributed by atoms with E-state index in [1.807, 2.05) is 25.1 Å². The first-order valence-electron chi connectivity index (χ1n) is 5.32. The van der Waals surface area contributed by atoms with Crippen LogP contribution >= 0.6 is 0 Å². The highest BCUT2D eigenvalue weighted by Crippen LogP contribution is 2.29. The number of benzene rings is 1. The van der Waals surface area contributed by atoms with E-state index >= 15 is 0 Å². The maximum atomic E-state index is 10.4. The van der Waals surface area contributed by atoms with Crippen molar-refractivity contribution >= 4 is 17.5 Å². The molecule has 1 aliphatic heterocycles. The van der Waals surface area contributed by atoms with Crippen molar-refractivity contribution in [3.8, 4) is 0 Å². The first-order chi connectivity index (χ1) is 7.81. The molecule has 2 rings (SSSR count). The maximum absolute atomic E-state index is 10.4. The number of morpholine rings is 1. The molecule has 0 saturated carbocycles. The Kier molecular flexibility index (Phi) is 3.34. The molecule has 16 heavy (non-hydrogen) atoms. The lowest BCUT2D eigenvalue weighted by Crippen LogP contribution is -2.36. The number of ether oxygens (including phenoxy) is 1. The van der Waals surface area contributed by atoms with Crippen molar-refractivity contribution < 1.29 is 9.53 Å². The summed E-state index contributed by atoms with van der Waals surface area (Å²) in [6.07, 6.45) is 1.61. The van der Waals surface area contributed by atoms with Crippen molar-refractivity contribution in [2.45, 2.75) is 6.92 Å². The van der Waals surface area contributed by atoms with Crippen molar-refractivity contribution in [1.82, 2.24) is 0 Å². The van der Waals surface area contributed by atoms with Crippen molar-refractivity contribution in [3.63, 3.8) is 0 Å². The molecular weight excluding hydrogens is 204 g/mol. The van der Waals surface area contributed by atoms with Gasteiger partial charge in [-0.1, -0.05) is 6.07 Å². The van der Waals surface area contributed by atoms with Crippen molar-refractivity contribution in [2.24, 2.45) is 4.99 Å². The van der Waals surface area contributed by atoms with E-state index in [0.717, 1.165) is 37.6 Å². The summed E-state index contributed by atoms with van der Waals surface area (Å²) in [5, 5.41) is 0. The molecule has 0 atom stereocenters. The van der Waals surface area contributed by atoms with E-state index in [0.29, 0.717) is 5.69 Å². The molecule has 4 heteroatoms. The fraction of sp³-hybridized carbons (Fsp3) is 0.417. The minimum absolute atomic E-state index is 0.692. The third kappa shape index (κ3) is 2.30. The Morgan fingerprint density at radius 3 is 2.81 bits per heavy atom. The number of hydrogen-bond acceptors (Lipinski definition) is 4. The lowest BCUT2D eigenvalue weighted by Gasteiger charge is -2.29. The van der Waals surface area contributed by atoms with Gasteiger partial charge >= 0.3 is 0 Å². The van der Waals surface area contributed by atoms with Gasteiger partial charge in [-0.2, -0.15) is 4.99 Å². The molecule has 0 bridgehead atoms. The molecule has 0 N–H and O–H groups in total. The summed E-state index contributed by atoms with van der Waals surface area (Å²) in [6, 6.07) is 5.92. The normalized spacial score (nSPS) is 15.7. The van der Waals surface area contributed by atoms with Gasteiger partial charge in [-0.05, 0) is 24.6 Å². The van der Waals surface area contributed by atoms with Gasteiger partial charge in [0, 0.05) is 13.1 Å². The minimum Gasteiger partial charge on any atom is -0.378 e. The third-order valence-electron chi connectivity index (χ3n) is 2.65. The second kappa shape index (κ2) is 4.92. The Hall–Kier alpha value is -1.64. The predicted octanol–water partition coefficient (Wildman–Crippen LogP) is 1.80. The van der Waals surface area contributed by atoms with E-state index in [9.17, 15) is 4.79 Å². The Bertz CT molecular complexity index is 419. The van der Waals surface area contributed by atoms with Gasteiger partial charge in [-0.15, -0.1) is 0 Å². The van der Waals surface area contributed by atoms with Gasteiger partial charge in [0.2, 0.25) is 6.08 Å². The zero-order valence-electron chi connectivity index (χ0n) is 9.27. The monoisotopic (exact) mass is 218 g/mol. The van der Waals surface area contributed by atoms with Crippen LogP contribution < -0.4 is 4.90 Å². The molecule has 0 aliphatic carbocycles. The second-order valence-electron chi connectivity index (χ2n) is 3.79. The molecule has 1 aliphatic rings. The molecule has 0 spiro atoms. The number of aryl methyl sites for hydroxylation is 1. The van der Waals surface area contributed by atoms with Crippen molar-refractivity contribution in [1.29, 1.82) is 0 Å². The Morgan fingerprint density at radius 1 is 1.38 bits per heavy atom. The fourth-order valence-electron chi connectivity index (χ4n) is 1.84. The van der Waals surface area contributed by atoms with Gasteiger partial charge in [0.25, 0.3) is 0 Å². The highest BCUT2D eigenvalue weighted by molar-refractivity contribution is 5.70. The Labute approximate surface area is 94.5 Å². The summed E-state index contributed by atoms with van der Waals surface area (Å²) in [7, 11) is 0. The zero-order valence-corrected chi connectivity index (χ0v) is 9.27. The van der Waals surface area contributed by atoms with Crippen LogP contribution in [0.1, 0.15) is 5.56 Å².